The fourth-order valence-electron chi connectivity index (χ4n) is 2.67. The van der Waals surface area contributed by atoms with Crippen LogP contribution in [-0.4, -0.2) is 22.5 Å². The third-order valence-electron chi connectivity index (χ3n) is 4.03. The van der Waals surface area contributed by atoms with Crippen LogP contribution in [0.3, 0.4) is 0 Å². The first-order valence-corrected chi connectivity index (χ1v) is 10.4. The number of benzene rings is 2. The van der Waals surface area contributed by atoms with Gasteiger partial charge in [0.25, 0.3) is 5.24 Å². The van der Waals surface area contributed by atoms with Gasteiger partial charge < -0.3 is 5.32 Å². The Labute approximate surface area is 181 Å². The van der Waals surface area contributed by atoms with E-state index in [-0.39, 0.29) is 11.5 Å². The highest BCUT2D eigenvalue weighted by atomic mass is 35.5. The molecule has 0 aromatic heterocycles. The average molecular weight is 456 g/mol. The Morgan fingerprint density at radius 3 is 2.50 bits per heavy atom. The number of anilines is 1. The predicted octanol–water partition coefficient (Wildman–Crippen LogP) is 6.41. The molecule has 2 aromatic rings. The molecule has 0 saturated carbocycles. The summed E-state index contributed by atoms with van der Waals surface area (Å²) in [6.45, 7) is 0. The van der Waals surface area contributed by atoms with Crippen molar-refractivity contribution in [3.8, 4) is 0 Å². The minimum absolute atomic E-state index is 0.272. The van der Waals surface area contributed by atoms with Gasteiger partial charge in [-0.05, 0) is 59.1 Å². The molecule has 2 aromatic carbocycles. The Balaban J connectivity index is 2.09. The molecular formula is C20H14Cl3FN2OS. The van der Waals surface area contributed by atoms with Gasteiger partial charge in [0.15, 0.2) is 0 Å². The third-order valence-corrected chi connectivity index (χ3v) is 5.77. The number of hydrogen-bond acceptors (Lipinski definition) is 4. The topological polar surface area (TPSA) is 53.0 Å². The van der Waals surface area contributed by atoms with E-state index in [1.807, 2.05) is 6.08 Å². The summed E-state index contributed by atoms with van der Waals surface area (Å²) in [6, 6.07) is 11.1. The zero-order valence-corrected chi connectivity index (χ0v) is 17.4. The van der Waals surface area contributed by atoms with Crippen molar-refractivity contribution in [3.63, 3.8) is 0 Å². The Kier molecular flexibility index (Phi) is 6.83. The highest BCUT2D eigenvalue weighted by Crippen LogP contribution is 2.34. The Hall–Kier alpha value is -1.79. The van der Waals surface area contributed by atoms with E-state index in [1.54, 1.807) is 42.1 Å². The van der Waals surface area contributed by atoms with Gasteiger partial charge in [-0.3, -0.25) is 10.2 Å². The molecule has 0 spiro atoms. The van der Waals surface area contributed by atoms with Crippen LogP contribution < -0.4 is 5.32 Å². The van der Waals surface area contributed by atoms with Crippen LogP contribution in [-0.2, 0) is 4.79 Å². The van der Waals surface area contributed by atoms with Gasteiger partial charge in [-0.1, -0.05) is 35.3 Å². The van der Waals surface area contributed by atoms with E-state index in [1.165, 1.54) is 12.1 Å². The quantitative estimate of drug-likeness (QED) is 0.404. The van der Waals surface area contributed by atoms with Crippen LogP contribution in [0, 0.1) is 11.2 Å². The minimum Gasteiger partial charge on any atom is -0.354 e. The molecule has 2 N–H and O–H groups in total. The van der Waals surface area contributed by atoms with Gasteiger partial charge in [0.05, 0.1) is 10.7 Å². The fraction of sp³-hybridized carbons (Fsp3) is 0.100. The van der Waals surface area contributed by atoms with Crippen molar-refractivity contribution >= 4 is 69.3 Å². The summed E-state index contributed by atoms with van der Waals surface area (Å²) < 4.78 is 13.2. The van der Waals surface area contributed by atoms with Gasteiger partial charge in [0, 0.05) is 27.8 Å². The molecule has 0 bridgehead atoms. The molecule has 1 heterocycles. The Morgan fingerprint density at radius 1 is 1.14 bits per heavy atom. The van der Waals surface area contributed by atoms with Crippen LogP contribution in [0.5, 0.6) is 0 Å². The standard InChI is InChI=1S/C20H14Cl3FN2OS/c21-13-3-6-17(16(22)8-13)26-19-12(7-11-1-4-14(24)5-2-11)9-28-10-15(19)18(25)20(23)27/h1-8,25-26H,9-10H2/b12-7+,25-18?. The first-order valence-electron chi connectivity index (χ1n) is 8.13. The zero-order chi connectivity index (χ0) is 20.3. The molecule has 1 aliphatic rings. The lowest BCUT2D eigenvalue weighted by molar-refractivity contribution is -0.106. The molecule has 1 aliphatic heterocycles. The van der Waals surface area contributed by atoms with Gasteiger partial charge in [-0.15, -0.1) is 0 Å². The summed E-state index contributed by atoms with van der Waals surface area (Å²) in [5.74, 6) is 0.765. The molecule has 0 atom stereocenters. The van der Waals surface area contributed by atoms with E-state index in [0.29, 0.717) is 38.5 Å². The van der Waals surface area contributed by atoms with Gasteiger partial charge in [-0.2, -0.15) is 11.8 Å². The molecule has 0 aliphatic carbocycles. The van der Waals surface area contributed by atoms with Crippen molar-refractivity contribution in [2.75, 3.05) is 16.8 Å². The van der Waals surface area contributed by atoms with E-state index in [2.05, 4.69) is 5.32 Å². The van der Waals surface area contributed by atoms with Crippen LogP contribution in [0.15, 0.2) is 59.3 Å². The highest BCUT2D eigenvalue weighted by Gasteiger charge is 2.24. The number of nitrogens with one attached hydrogen (secondary N) is 2. The highest BCUT2D eigenvalue weighted by molar-refractivity contribution is 7.99. The smallest absolute Gasteiger partial charge is 0.270 e. The zero-order valence-electron chi connectivity index (χ0n) is 14.4. The van der Waals surface area contributed by atoms with Crippen molar-refractivity contribution in [3.05, 3.63) is 80.7 Å². The molecule has 3 rings (SSSR count). The monoisotopic (exact) mass is 454 g/mol. The molecule has 8 heteroatoms. The van der Waals surface area contributed by atoms with Crippen molar-refractivity contribution in [1.82, 2.24) is 0 Å². The average Bonchev–Trinajstić information content (AvgIpc) is 2.66. The summed E-state index contributed by atoms with van der Waals surface area (Å²) in [5.41, 5.74) is 3.02. The molecule has 0 unspecified atom stereocenters. The molecular weight excluding hydrogens is 442 g/mol. The first kappa shape index (κ1) is 20.9. The SMILES string of the molecule is N=C(C(=O)Cl)C1=C(Nc2ccc(Cl)cc2Cl)/C(=C/c2ccc(F)cc2)CSC1. The number of halogens is 4. The summed E-state index contributed by atoms with van der Waals surface area (Å²) in [4.78, 5) is 11.6. The molecule has 0 saturated heterocycles. The van der Waals surface area contributed by atoms with Gasteiger partial charge >= 0.3 is 0 Å². The van der Waals surface area contributed by atoms with Gasteiger partial charge in [-0.25, -0.2) is 4.39 Å². The summed E-state index contributed by atoms with van der Waals surface area (Å²) in [5, 5.41) is 11.4. The normalized spacial score (nSPS) is 15.6. The summed E-state index contributed by atoms with van der Waals surface area (Å²) in [6.07, 6.45) is 1.88. The van der Waals surface area contributed by atoms with E-state index in [9.17, 15) is 9.18 Å². The molecule has 28 heavy (non-hydrogen) atoms. The predicted molar refractivity (Wildman–Crippen MR) is 117 cm³/mol. The third kappa shape index (κ3) is 4.97. The van der Waals surface area contributed by atoms with E-state index >= 15 is 0 Å². The maximum Gasteiger partial charge on any atom is 0.270 e. The first-order chi connectivity index (χ1) is 13.3. The van der Waals surface area contributed by atoms with E-state index in [4.69, 9.17) is 40.2 Å². The lowest BCUT2D eigenvalue weighted by Crippen LogP contribution is -2.22. The largest absolute Gasteiger partial charge is 0.354 e. The van der Waals surface area contributed by atoms with Crippen LogP contribution >= 0.6 is 46.6 Å². The maximum absolute atomic E-state index is 13.2. The lowest BCUT2D eigenvalue weighted by atomic mass is 10.0. The fourth-order valence-corrected chi connectivity index (χ4v) is 4.28. The van der Waals surface area contributed by atoms with Crippen LogP contribution in [0.2, 0.25) is 10.0 Å². The van der Waals surface area contributed by atoms with Crippen molar-refractivity contribution in [1.29, 1.82) is 5.41 Å². The summed E-state index contributed by atoms with van der Waals surface area (Å²) in [7, 11) is 0. The maximum atomic E-state index is 13.2. The minimum atomic E-state index is -0.833. The molecule has 0 radical (unpaired) electrons. The number of carbonyl (C=O) groups excluding carboxylic acids is 1. The second-order valence-corrected chi connectivity index (χ2v) is 8.14. The second-order valence-electron chi connectivity index (χ2n) is 5.97. The molecule has 144 valence electrons. The number of thioether (sulfide) groups is 1. The molecule has 3 nitrogen and oxygen atoms in total. The van der Waals surface area contributed by atoms with E-state index in [0.717, 1.165) is 11.1 Å². The van der Waals surface area contributed by atoms with Gasteiger partial charge in [0.1, 0.15) is 11.5 Å². The van der Waals surface area contributed by atoms with Crippen LogP contribution in [0.1, 0.15) is 5.56 Å². The van der Waals surface area contributed by atoms with Crippen LogP contribution in [0.4, 0.5) is 10.1 Å². The van der Waals surface area contributed by atoms with E-state index < -0.39 is 5.24 Å². The van der Waals surface area contributed by atoms with Crippen molar-refractivity contribution in [2.24, 2.45) is 0 Å². The van der Waals surface area contributed by atoms with Crippen molar-refractivity contribution < 1.29 is 9.18 Å². The summed E-state index contributed by atoms with van der Waals surface area (Å²) >= 11 is 19.4. The Bertz CT molecular complexity index is 1000. The van der Waals surface area contributed by atoms with Gasteiger partial charge in [0.2, 0.25) is 0 Å². The number of rotatable bonds is 5. The van der Waals surface area contributed by atoms with Crippen LogP contribution in [0.25, 0.3) is 6.08 Å². The van der Waals surface area contributed by atoms with Crippen molar-refractivity contribution in [2.45, 2.75) is 0 Å². The molecule has 0 fully saturated rings. The number of hydrogen-bond donors (Lipinski definition) is 2. The lowest BCUT2D eigenvalue weighted by Gasteiger charge is -2.24. The number of allylic oxidation sites excluding steroid dienone is 1. The number of carbonyl (C=O) groups is 1. The second kappa shape index (κ2) is 9.14. The molecule has 0 amide bonds. The Morgan fingerprint density at radius 2 is 1.86 bits per heavy atom.